The van der Waals surface area contributed by atoms with Crippen LogP contribution in [0.4, 0.5) is 10.2 Å². The summed E-state index contributed by atoms with van der Waals surface area (Å²) in [5, 5.41) is 0. The van der Waals surface area contributed by atoms with Crippen molar-refractivity contribution in [1.82, 2.24) is 9.55 Å². The van der Waals surface area contributed by atoms with Crippen LogP contribution in [0, 0.1) is 25.1 Å². The molecule has 1 aromatic heterocycles. The molecule has 4 heteroatoms. The van der Waals surface area contributed by atoms with Crippen molar-refractivity contribution >= 4 is 5.82 Å². The molecule has 0 radical (unpaired) electrons. The zero-order valence-electron chi connectivity index (χ0n) is 11.1. The van der Waals surface area contributed by atoms with E-state index < -0.39 is 0 Å². The van der Waals surface area contributed by atoms with Crippen LogP contribution < -0.4 is 5.73 Å². The van der Waals surface area contributed by atoms with E-state index in [2.05, 4.69) is 10.9 Å². The molecular weight excluding hydrogens is 241 g/mol. The average Bonchev–Trinajstić information content (AvgIpc) is 2.70. The van der Waals surface area contributed by atoms with Crippen LogP contribution in [0.15, 0.2) is 18.2 Å². The van der Waals surface area contributed by atoms with Gasteiger partial charge in [-0.05, 0) is 24.6 Å². The highest BCUT2D eigenvalue weighted by atomic mass is 19.1. The van der Waals surface area contributed by atoms with E-state index in [1.54, 1.807) is 10.6 Å². The Morgan fingerprint density at radius 3 is 2.84 bits per heavy atom. The van der Waals surface area contributed by atoms with Gasteiger partial charge >= 0.3 is 0 Å². The lowest BCUT2D eigenvalue weighted by Gasteiger charge is -2.06. The monoisotopic (exact) mass is 257 g/mol. The Balaban J connectivity index is 2.63. The van der Waals surface area contributed by atoms with Crippen molar-refractivity contribution in [1.29, 1.82) is 0 Å². The number of nitrogens with zero attached hydrogens (tertiary/aromatic N) is 2. The molecule has 0 unspecified atom stereocenters. The van der Waals surface area contributed by atoms with Crippen LogP contribution in [-0.4, -0.2) is 9.55 Å². The molecule has 0 spiro atoms. The number of aryl methyl sites for hydroxylation is 2. The maximum absolute atomic E-state index is 13.4. The minimum atomic E-state index is -0.301. The van der Waals surface area contributed by atoms with E-state index in [9.17, 15) is 4.39 Å². The van der Waals surface area contributed by atoms with E-state index in [4.69, 9.17) is 12.2 Å². The molecule has 0 saturated carbocycles. The second-order valence-electron chi connectivity index (χ2n) is 4.36. The molecule has 3 nitrogen and oxygen atoms in total. The summed E-state index contributed by atoms with van der Waals surface area (Å²) in [5.74, 6) is 3.56. The number of aromatic nitrogens is 2. The number of terminal acetylenes is 1. The van der Waals surface area contributed by atoms with E-state index in [0.29, 0.717) is 23.6 Å². The fraction of sp³-hybridized carbons (Fsp3) is 0.267. The van der Waals surface area contributed by atoms with Crippen LogP contribution >= 0.6 is 0 Å². The van der Waals surface area contributed by atoms with Gasteiger partial charge in [-0.15, -0.1) is 6.42 Å². The molecule has 2 aromatic rings. The number of rotatable bonds is 3. The maximum atomic E-state index is 13.4. The number of benzene rings is 1. The molecule has 0 fully saturated rings. The summed E-state index contributed by atoms with van der Waals surface area (Å²) in [5.41, 5.74) is 8.34. The Kier molecular flexibility index (Phi) is 3.57. The summed E-state index contributed by atoms with van der Waals surface area (Å²) in [6, 6.07) is 4.60. The quantitative estimate of drug-likeness (QED) is 0.859. The lowest BCUT2D eigenvalue weighted by atomic mass is 10.1. The van der Waals surface area contributed by atoms with Gasteiger partial charge in [0.25, 0.3) is 0 Å². The summed E-state index contributed by atoms with van der Waals surface area (Å²) in [7, 11) is 0. The van der Waals surface area contributed by atoms with E-state index in [-0.39, 0.29) is 5.82 Å². The molecule has 0 saturated heterocycles. The summed E-state index contributed by atoms with van der Waals surface area (Å²) in [4.78, 5) is 4.49. The summed E-state index contributed by atoms with van der Waals surface area (Å²) < 4.78 is 15.2. The third-order valence-electron chi connectivity index (χ3n) is 3.11. The number of halogens is 1. The molecule has 0 atom stereocenters. The van der Waals surface area contributed by atoms with E-state index in [1.165, 1.54) is 12.1 Å². The molecule has 0 bridgehead atoms. The Morgan fingerprint density at radius 1 is 1.47 bits per heavy atom. The fourth-order valence-corrected chi connectivity index (χ4v) is 2.10. The van der Waals surface area contributed by atoms with Gasteiger partial charge in [0.05, 0.1) is 6.54 Å². The van der Waals surface area contributed by atoms with Crippen molar-refractivity contribution in [2.75, 3.05) is 5.73 Å². The molecule has 2 rings (SSSR count). The van der Waals surface area contributed by atoms with Gasteiger partial charge in [0.1, 0.15) is 23.2 Å². The molecule has 19 heavy (non-hydrogen) atoms. The summed E-state index contributed by atoms with van der Waals surface area (Å²) in [6.07, 6.45) is 6.06. The summed E-state index contributed by atoms with van der Waals surface area (Å²) >= 11 is 0. The lowest BCUT2D eigenvalue weighted by molar-refractivity contribution is 0.628. The molecule has 98 valence electrons. The standard InChI is InChI=1S/C15H16FN3/c1-4-8-19-13(5-2)18-14(15(19)17)12-9-11(16)7-6-10(12)3/h1,6-7,9H,5,8,17H2,2-3H3. The zero-order valence-corrected chi connectivity index (χ0v) is 11.1. The number of hydrogen-bond acceptors (Lipinski definition) is 2. The Morgan fingerprint density at radius 2 is 2.21 bits per heavy atom. The Hall–Kier alpha value is -2.28. The van der Waals surface area contributed by atoms with Gasteiger partial charge in [-0.2, -0.15) is 0 Å². The van der Waals surface area contributed by atoms with Crippen LogP contribution in [0.2, 0.25) is 0 Å². The largest absolute Gasteiger partial charge is 0.383 e. The van der Waals surface area contributed by atoms with Crippen LogP contribution in [0.25, 0.3) is 11.3 Å². The van der Waals surface area contributed by atoms with Crippen LogP contribution in [0.5, 0.6) is 0 Å². The van der Waals surface area contributed by atoms with Crippen LogP contribution in [0.3, 0.4) is 0 Å². The predicted molar refractivity (Wildman–Crippen MR) is 75.0 cm³/mol. The normalized spacial score (nSPS) is 10.4. The number of imidazole rings is 1. The van der Waals surface area contributed by atoms with E-state index in [0.717, 1.165) is 17.8 Å². The van der Waals surface area contributed by atoms with E-state index in [1.807, 2.05) is 13.8 Å². The van der Waals surface area contributed by atoms with E-state index >= 15 is 0 Å². The number of anilines is 1. The second-order valence-corrected chi connectivity index (χ2v) is 4.36. The molecule has 0 aliphatic carbocycles. The predicted octanol–water partition coefficient (Wildman–Crippen LogP) is 2.78. The summed E-state index contributed by atoms with van der Waals surface area (Å²) in [6.45, 7) is 4.26. The maximum Gasteiger partial charge on any atom is 0.132 e. The third-order valence-corrected chi connectivity index (χ3v) is 3.11. The van der Waals surface area contributed by atoms with Gasteiger partial charge in [-0.3, -0.25) is 0 Å². The van der Waals surface area contributed by atoms with Crippen molar-refractivity contribution in [2.24, 2.45) is 0 Å². The van der Waals surface area contributed by atoms with Gasteiger partial charge in [-0.1, -0.05) is 18.9 Å². The van der Waals surface area contributed by atoms with Crippen LogP contribution in [-0.2, 0) is 13.0 Å². The van der Waals surface area contributed by atoms with Gasteiger partial charge in [0, 0.05) is 12.0 Å². The highest BCUT2D eigenvalue weighted by Crippen LogP contribution is 2.29. The average molecular weight is 257 g/mol. The number of nitrogen functional groups attached to an aromatic ring is 1. The van der Waals surface area contributed by atoms with Crippen LogP contribution in [0.1, 0.15) is 18.3 Å². The molecule has 0 aliphatic rings. The first kappa shape index (κ1) is 13.2. The highest BCUT2D eigenvalue weighted by molar-refractivity contribution is 5.73. The lowest BCUT2D eigenvalue weighted by Crippen LogP contribution is -2.05. The first-order valence-electron chi connectivity index (χ1n) is 6.13. The molecule has 0 aliphatic heterocycles. The van der Waals surface area contributed by atoms with Crippen molar-refractivity contribution in [2.45, 2.75) is 26.8 Å². The van der Waals surface area contributed by atoms with Crippen molar-refractivity contribution in [3.8, 4) is 23.6 Å². The molecule has 1 aromatic carbocycles. The molecule has 2 N–H and O–H groups in total. The third kappa shape index (κ3) is 2.32. The molecular formula is C15H16FN3. The smallest absolute Gasteiger partial charge is 0.132 e. The van der Waals surface area contributed by atoms with Gasteiger partial charge in [0.15, 0.2) is 0 Å². The SMILES string of the molecule is C#CCn1c(CC)nc(-c2cc(F)ccc2C)c1N. The zero-order chi connectivity index (χ0) is 14.0. The number of hydrogen-bond donors (Lipinski definition) is 1. The minimum absolute atomic E-state index is 0.301. The first-order chi connectivity index (χ1) is 9.08. The Bertz CT molecular complexity index is 650. The van der Waals surface area contributed by atoms with Crippen molar-refractivity contribution in [3.05, 3.63) is 35.4 Å². The second kappa shape index (κ2) is 5.15. The minimum Gasteiger partial charge on any atom is -0.383 e. The fourth-order valence-electron chi connectivity index (χ4n) is 2.10. The van der Waals surface area contributed by atoms with Gasteiger partial charge in [-0.25, -0.2) is 9.37 Å². The number of nitrogens with two attached hydrogens (primary N) is 1. The van der Waals surface area contributed by atoms with Gasteiger partial charge < -0.3 is 10.3 Å². The van der Waals surface area contributed by atoms with Gasteiger partial charge in [0.2, 0.25) is 0 Å². The van der Waals surface area contributed by atoms with Crippen molar-refractivity contribution < 1.29 is 4.39 Å². The molecule has 0 amide bonds. The first-order valence-corrected chi connectivity index (χ1v) is 6.13. The molecule has 1 heterocycles. The van der Waals surface area contributed by atoms with Crippen molar-refractivity contribution in [3.63, 3.8) is 0 Å². The highest BCUT2D eigenvalue weighted by Gasteiger charge is 2.16. The topological polar surface area (TPSA) is 43.8 Å². The Labute approximate surface area is 112 Å².